The summed E-state index contributed by atoms with van der Waals surface area (Å²) in [6, 6.07) is 26.2. The summed E-state index contributed by atoms with van der Waals surface area (Å²) in [4.78, 5) is 0. The van der Waals surface area contributed by atoms with Gasteiger partial charge in [-0.05, 0) is 85.8 Å². The molecule has 0 saturated heterocycles. The van der Waals surface area contributed by atoms with Crippen molar-refractivity contribution in [2.45, 2.75) is 0 Å². The minimum absolute atomic E-state index is 0.0142. The van der Waals surface area contributed by atoms with Gasteiger partial charge in [-0.25, -0.2) is 0 Å². The monoisotopic (exact) mass is 786 g/mol. The Morgan fingerprint density at radius 3 is 1.71 bits per heavy atom. The number of fused-ring (bicyclic) bond motifs is 7. The Balaban J connectivity index is 1.21. The van der Waals surface area contributed by atoms with Crippen LogP contribution in [0.5, 0.6) is 17.2 Å². The molecule has 0 aliphatic carbocycles. The fourth-order valence-electron chi connectivity index (χ4n) is 8.71. The smallest absolute Gasteiger partial charge is 0.434 e. The first-order valence-electron chi connectivity index (χ1n) is 27.4. The molecule has 0 fully saturated rings. The molecule has 3 heterocycles. The third-order valence-electron chi connectivity index (χ3n) is 11.1. The van der Waals surface area contributed by atoms with Crippen molar-refractivity contribution in [2.24, 2.45) is 0 Å². The summed E-state index contributed by atoms with van der Waals surface area (Å²) in [6.07, 6.45) is 0. The fourth-order valence-corrected chi connectivity index (χ4v) is 13.7. The zero-order valence-corrected chi connectivity index (χ0v) is 31.8. The van der Waals surface area contributed by atoms with E-state index in [9.17, 15) is 9.60 Å². The van der Waals surface area contributed by atoms with Crippen LogP contribution in [0.15, 0.2) is 218 Å². The first kappa shape index (κ1) is 20.9. The predicted octanol–water partition coefficient (Wildman–Crippen LogP) is 9.10. The standard InChI is InChI=1S/C54H36BNO2Si/c1-4-18-39(19-5-1)59(40-20-6-2-7-21-40,41-22-8-3-9-23-41)53-31-17-13-24-42(53)37-34-46-45-27-12-16-30-50(45)58-55-47-36-38(32-33-51(47)57-52(35-37)54(46)55)56-48-28-14-10-25-43(48)44-26-11-15-29-49(44)56/h1-36H/i10D,11D,12D,14D,15D,16D,25D,26D,27D,28D,29D,30D,32D,33D,34D,35D,36D. The highest BCUT2D eigenvalue weighted by molar-refractivity contribution is 7.20. The minimum atomic E-state index is -3.46. The molecule has 0 unspecified atom stereocenters. The molecule has 2 aliphatic heterocycles. The summed E-state index contributed by atoms with van der Waals surface area (Å²) in [7, 11) is -3.46. The average Bonchev–Trinajstić information content (AvgIpc) is 3.82. The molecule has 59 heavy (non-hydrogen) atoms. The lowest BCUT2D eigenvalue weighted by atomic mass is 9.50. The Kier molecular flexibility index (Phi) is 4.74. The maximum Gasteiger partial charge on any atom is 0.434 e. The molecule has 0 N–H and O–H groups in total. The topological polar surface area (TPSA) is 23.4 Å². The van der Waals surface area contributed by atoms with Crippen LogP contribution in [-0.4, -0.2) is 19.6 Å². The Labute approximate surface area is 368 Å². The van der Waals surface area contributed by atoms with Gasteiger partial charge in [0.1, 0.15) is 17.2 Å². The van der Waals surface area contributed by atoms with E-state index in [4.69, 9.17) is 23.1 Å². The van der Waals surface area contributed by atoms with Gasteiger partial charge in [-0.15, -0.1) is 0 Å². The van der Waals surface area contributed by atoms with Crippen molar-refractivity contribution < 1.29 is 32.7 Å². The van der Waals surface area contributed by atoms with Crippen molar-refractivity contribution in [3.63, 3.8) is 0 Å². The van der Waals surface area contributed by atoms with Crippen LogP contribution < -0.4 is 41.1 Å². The predicted molar refractivity (Wildman–Crippen MR) is 247 cm³/mol. The van der Waals surface area contributed by atoms with E-state index in [0.29, 0.717) is 5.56 Å². The van der Waals surface area contributed by atoms with Crippen LogP contribution >= 0.6 is 0 Å². The van der Waals surface area contributed by atoms with Gasteiger partial charge in [-0.3, -0.25) is 0 Å². The largest absolute Gasteiger partial charge is 0.551 e. The van der Waals surface area contributed by atoms with E-state index < -0.39 is 134 Å². The Hall–Kier alpha value is -7.34. The minimum Gasteiger partial charge on any atom is -0.551 e. The van der Waals surface area contributed by atoms with E-state index in [1.807, 2.05) is 66.7 Å². The SMILES string of the molecule is [2H]c1c([2H])c([2H])c2c(c1[2H])OB1c3c([2H])c(-n4c5c([2H])c([2H])c([2H])c([2H])c5c5c([2H])c([2H])c([2H])c([2H])c54)c([2H])c([2H])c3Oc3c([2H])c(-c4ccccc4[Si](c4ccccc4)(c4ccccc4)c4ccccc4)c([2H])c-2c31. The highest BCUT2D eigenvalue weighted by atomic mass is 28.3. The van der Waals surface area contributed by atoms with E-state index in [1.165, 1.54) is 0 Å². The lowest BCUT2D eigenvalue weighted by Crippen LogP contribution is -2.75. The molecule has 10 aromatic rings. The molecule has 0 spiro atoms. The van der Waals surface area contributed by atoms with Crippen molar-refractivity contribution in [3.05, 3.63) is 218 Å². The Morgan fingerprint density at radius 2 is 1.05 bits per heavy atom. The van der Waals surface area contributed by atoms with Crippen LogP contribution in [0, 0.1) is 0 Å². The number of nitrogens with zero attached hydrogens (tertiary/aromatic N) is 1. The van der Waals surface area contributed by atoms with Gasteiger partial charge >= 0.3 is 6.92 Å². The summed E-state index contributed by atoms with van der Waals surface area (Å²) in [5.41, 5.74) is -1.71. The molecule has 0 radical (unpaired) electrons. The Bertz CT molecular complexity index is 4050. The quantitative estimate of drug-likeness (QED) is 0.124. The molecule has 3 nitrogen and oxygen atoms in total. The van der Waals surface area contributed by atoms with E-state index >= 15 is 0 Å². The molecule has 0 saturated carbocycles. The van der Waals surface area contributed by atoms with Gasteiger partial charge < -0.3 is 14.0 Å². The summed E-state index contributed by atoms with van der Waals surface area (Å²) >= 11 is 0. The maximum atomic E-state index is 10.4. The molecule has 12 rings (SSSR count). The summed E-state index contributed by atoms with van der Waals surface area (Å²) in [5.74, 6) is -1.17. The van der Waals surface area contributed by atoms with Crippen LogP contribution in [0.2, 0.25) is 0 Å². The number of aromatic nitrogens is 1. The zero-order valence-electron chi connectivity index (χ0n) is 47.8. The number of rotatable bonds is 6. The van der Waals surface area contributed by atoms with Crippen LogP contribution in [-0.2, 0) is 0 Å². The lowest BCUT2D eigenvalue weighted by Gasteiger charge is -2.36. The molecule has 0 amide bonds. The summed E-state index contributed by atoms with van der Waals surface area (Å²) in [6.45, 7) is -1.70. The maximum absolute atomic E-state index is 10.4. The number of hydrogen-bond donors (Lipinski definition) is 0. The molecule has 0 atom stereocenters. The van der Waals surface area contributed by atoms with Crippen LogP contribution in [0.1, 0.15) is 23.3 Å². The van der Waals surface area contributed by atoms with Gasteiger partial charge in [-0.1, -0.05) is 170 Å². The van der Waals surface area contributed by atoms with Gasteiger partial charge in [0.05, 0.1) is 34.3 Å². The second-order valence-electron chi connectivity index (χ2n) is 14.2. The normalized spacial score (nSPS) is 16.7. The van der Waals surface area contributed by atoms with Gasteiger partial charge in [-0.2, -0.15) is 0 Å². The highest BCUT2D eigenvalue weighted by Crippen LogP contribution is 2.42. The van der Waals surface area contributed by atoms with Crippen molar-refractivity contribution >= 4 is 68.5 Å². The Morgan fingerprint density at radius 1 is 0.475 bits per heavy atom. The molecule has 9 aromatic carbocycles. The highest BCUT2D eigenvalue weighted by Gasteiger charge is 2.44. The van der Waals surface area contributed by atoms with Crippen molar-refractivity contribution in [2.75, 3.05) is 0 Å². The van der Waals surface area contributed by atoms with E-state index in [-0.39, 0.29) is 56.2 Å². The molecular weight excluding hydrogens is 733 g/mol. The van der Waals surface area contributed by atoms with E-state index in [1.54, 1.807) is 12.1 Å². The summed E-state index contributed by atoms with van der Waals surface area (Å²) in [5, 5.41) is 3.03. The first-order chi connectivity index (χ1) is 36.4. The third kappa shape index (κ3) is 5.08. The molecule has 0 bridgehead atoms. The molecule has 5 heteroatoms. The number of benzene rings is 9. The second-order valence-corrected chi connectivity index (χ2v) is 18.0. The second kappa shape index (κ2) is 13.4. The van der Waals surface area contributed by atoms with Gasteiger partial charge in [0.2, 0.25) is 0 Å². The van der Waals surface area contributed by atoms with Crippen molar-refractivity contribution in [3.8, 4) is 45.2 Å². The number of hydrogen-bond acceptors (Lipinski definition) is 2. The van der Waals surface area contributed by atoms with Crippen molar-refractivity contribution in [1.82, 2.24) is 4.57 Å². The van der Waals surface area contributed by atoms with Crippen LogP contribution in [0.3, 0.4) is 0 Å². The summed E-state index contributed by atoms with van der Waals surface area (Å²) < 4.78 is 171. The molecule has 276 valence electrons. The van der Waals surface area contributed by atoms with E-state index in [0.717, 1.165) is 25.3 Å². The molecule has 2 aliphatic rings. The number of ether oxygens (including phenoxy) is 1. The van der Waals surface area contributed by atoms with Crippen LogP contribution in [0.4, 0.5) is 0 Å². The molecular formula is C54H36BNO2Si. The van der Waals surface area contributed by atoms with Crippen molar-refractivity contribution in [1.29, 1.82) is 0 Å². The molecule has 1 aromatic heterocycles. The average molecular weight is 787 g/mol. The van der Waals surface area contributed by atoms with Gasteiger partial charge in [0, 0.05) is 32.9 Å². The van der Waals surface area contributed by atoms with Gasteiger partial charge in [0.15, 0.2) is 8.07 Å². The zero-order chi connectivity index (χ0) is 53.7. The third-order valence-corrected chi connectivity index (χ3v) is 16.0. The lowest BCUT2D eigenvalue weighted by molar-refractivity contribution is 0.479. The van der Waals surface area contributed by atoms with Gasteiger partial charge in [0.25, 0.3) is 0 Å². The van der Waals surface area contributed by atoms with E-state index in [2.05, 4.69) is 36.4 Å². The number of para-hydroxylation sites is 3. The first-order valence-corrected chi connectivity index (χ1v) is 20.9. The fraction of sp³-hybridized carbons (Fsp3) is 0. The van der Waals surface area contributed by atoms with Crippen LogP contribution in [0.25, 0.3) is 49.7 Å².